The first kappa shape index (κ1) is 67.1. The molecule has 2 aromatic heterocycles. The number of carboxylic acid groups (broad SMARTS) is 3. The van der Waals surface area contributed by atoms with Crippen LogP contribution in [0.5, 0.6) is 0 Å². The van der Waals surface area contributed by atoms with Crippen LogP contribution in [0.15, 0.2) is 60.9 Å². The molecule has 456 valence electrons. The van der Waals surface area contributed by atoms with E-state index in [0.717, 1.165) is 0 Å². The molecule has 4 rings (SSSR count). The van der Waals surface area contributed by atoms with Crippen LogP contribution in [-0.2, 0) is 75.2 Å². The zero-order chi connectivity index (χ0) is 62.4. The maximum absolute atomic E-state index is 14.4. The van der Waals surface area contributed by atoms with Crippen LogP contribution in [0.3, 0.4) is 0 Å². The highest BCUT2D eigenvalue weighted by Gasteiger charge is 2.36. The second-order valence-electron chi connectivity index (χ2n) is 20.3. The molecule has 0 bridgehead atoms. The molecule has 0 saturated heterocycles. The number of primary amides is 1. The zero-order valence-electron chi connectivity index (χ0n) is 46.7. The number of rotatable bonds is 35. The number of unbranched alkanes of at least 4 members (excludes halogenated alkanes) is 1. The molecule has 10 amide bonds. The summed E-state index contributed by atoms with van der Waals surface area (Å²) in [4.78, 5) is 176. The summed E-state index contributed by atoms with van der Waals surface area (Å²) in [7, 11) is 0. The first-order valence-electron chi connectivity index (χ1n) is 26.9. The van der Waals surface area contributed by atoms with Crippen LogP contribution in [0.4, 0.5) is 0 Å². The second-order valence-corrected chi connectivity index (χ2v) is 20.3. The molecule has 0 fully saturated rings. The smallest absolute Gasteiger partial charge is 0.322 e. The standard InChI is InChI=1S/C54H74N14O16/c1-26(2)45(54(84)62-27(3)46(76)60-25-44(74)75)68-50(80)36(15-9-10-18-55)63-49(79)37(16-17-42(70)71)64-53(83)40(22-41(57)69)65-47(77)28(4)61-51(81)38(19-29-23-58-34-13-7-5-11-31(29)34)67-52(82)39(66-48(78)33(56)21-43(72)73)20-30-24-59-35-14-8-6-12-32(30)35/h5-8,11-14,23-24,26-28,33,36-40,45,58-59H,9-10,15-22,25,55-56H2,1-4H3,(H2,57,69)(H,60,76)(H,61,81)(H,62,84)(H,63,79)(H,64,83)(H,65,77)(H,66,78)(H,67,82)(H,68,80)(H,70,71)(H,72,73)(H,74,75)/t27-,28-,33-,36-,37-,38-,39-,40-,45-/m0/s1. The SMILES string of the molecule is CC(C)[C@H](NC(=O)[C@H](CCCCN)NC(=O)[C@H](CCC(=O)O)NC(=O)[C@H](CC(N)=O)NC(=O)[C@H](C)NC(=O)[C@H](Cc1c[nH]c2ccccc12)NC(=O)[C@H](Cc1c[nH]c2ccccc12)NC(=O)[C@@H](N)CC(=O)O)C(=O)N[C@@H](C)C(=O)NCC(=O)O. The summed E-state index contributed by atoms with van der Waals surface area (Å²) < 4.78 is 0. The first-order chi connectivity index (χ1) is 39.7. The highest BCUT2D eigenvalue weighted by Crippen LogP contribution is 2.22. The van der Waals surface area contributed by atoms with Crippen molar-refractivity contribution in [2.24, 2.45) is 23.1 Å². The molecule has 0 spiro atoms. The minimum Gasteiger partial charge on any atom is -0.481 e. The van der Waals surface area contributed by atoms with Gasteiger partial charge >= 0.3 is 17.9 Å². The van der Waals surface area contributed by atoms with Crippen molar-refractivity contribution in [1.29, 1.82) is 0 Å². The number of para-hydroxylation sites is 2. The highest BCUT2D eigenvalue weighted by molar-refractivity contribution is 6.00. The number of nitrogens with two attached hydrogens (primary N) is 3. The van der Waals surface area contributed by atoms with Gasteiger partial charge in [0, 0.05) is 53.5 Å². The van der Waals surface area contributed by atoms with E-state index in [-0.39, 0.29) is 32.2 Å². The molecule has 0 aliphatic rings. The third-order valence-corrected chi connectivity index (χ3v) is 13.3. The summed E-state index contributed by atoms with van der Waals surface area (Å²) in [6.45, 7) is 5.08. The van der Waals surface area contributed by atoms with Crippen LogP contribution in [0.2, 0.25) is 0 Å². The summed E-state index contributed by atoms with van der Waals surface area (Å²) in [6.07, 6.45) is 0.360. The quantitative estimate of drug-likeness (QED) is 0.0203. The van der Waals surface area contributed by atoms with Crippen molar-refractivity contribution >= 4 is 98.8 Å². The molecule has 0 radical (unpaired) electrons. The molecule has 0 saturated carbocycles. The topological polar surface area (TPSA) is 501 Å². The number of aromatic nitrogens is 2. The minimum atomic E-state index is -1.87. The Bertz CT molecular complexity index is 3050. The maximum Gasteiger partial charge on any atom is 0.322 e. The van der Waals surface area contributed by atoms with E-state index in [1.54, 1.807) is 74.8 Å². The third kappa shape index (κ3) is 20.8. The number of benzene rings is 2. The number of carbonyl (C=O) groups excluding carboxylic acids is 10. The van der Waals surface area contributed by atoms with Gasteiger partial charge in [-0.05, 0) is 75.3 Å². The number of H-pyrrole nitrogens is 2. The highest BCUT2D eigenvalue weighted by atomic mass is 16.4. The van der Waals surface area contributed by atoms with Gasteiger partial charge in [0.25, 0.3) is 0 Å². The van der Waals surface area contributed by atoms with Crippen molar-refractivity contribution in [2.45, 2.75) is 140 Å². The number of aliphatic carboxylic acids is 3. The number of carboxylic acids is 3. The lowest BCUT2D eigenvalue weighted by Crippen LogP contribution is -2.61. The van der Waals surface area contributed by atoms with E-state index in [0.29, 0.717) is 39.4 Å². The van der Waals surface area contributed by atoms with Crippen molar-refractivity contribution in [1.82, 2.24) is 57.8 Å². The zero-order valence-corrected chi connectivity index (χ0v) is 46.7. The molecule has 2 aromatic carbocycles. The summed E-state index contributed by atoms with van der Waals surface area (Å²) in [5, 5.41) is 51.0. The molecule has 0 aliphatic carbocycles. The Hall–Kier alpha value is -9.45. The lowest BCUT2D eigenvalue weighted by atomic mass is 10.0. The number of amides is 10. The summed E-state index contributed by atoms with van der Waals surface area (Å²) in [6, 6.07) is 0.377. The minimum absolute atomic E-state index is 0.0868. The van der Waals surface area contributed by atoms with Crippen LogP contribution < -0.4 is 65.1 Å². The number of hydrogen-bond acceptors (Lipinski definition) is 15. The molecule has 20 N–H and O–H groups in total. The van der Waals surface area contributed by atoms with Gasteiger partial charge in [-0.1, -0.05) is 50.2 Å². The molecule has 30 nitrogen and oxygen atoms in total. The van der Waals surface area contributed by atoms with Crippen molar-refractivity contribution < 1.29 is 77.6 Å². The maximum atomic E-state index is 14.4. The molecular weight excluding hydrogens is 1100 g/mol. The number of aromatic amines is 2. The van der Waals surface area contributed by atoms with Crippen LogP contribution in [0, 0.1) is 5.92 Å². The second kappa shape index (κ2) is 32.3. The van der Waals surface area contributed by atoms with E-state index >= 15 is 0 Å². The molecule has 2 heterocycles. The Kier molecular flexibility index (Phi) is 25.8. The Labute approximate surface area is 481 Å². The predicted molar refractivity (Wildman–Crippen MR) is 300 cm³/mol. The van der Waals surface area contributed by atoms with E-state index in [1.807, 2.05) is 0 Å². The van der Waals surface area contributed by atoms with Gasteiger partial charge in [0.2, 0.25) is 59.1 Å². The molecule has 84 heavy (non-hydrogen) atoms. The predicted octanol–water partition coefficient (Wildman–Crippen LogP) is -3.12. The Morgan fingerprint density at radius 3 is 1.45 bits per heavy atom. The van der Waals surface area contributed by atoms with E-state index in [4.69, 9.17) is 22.3 Å². The van der Waals surface area contributed by atoms with Crippen LogP contribution >= 0.6 is 0 Å². The fraction of sp³-hybridized carbons (Fsp3) is 0.463. The lowest BCUT2D eigenvalue weighted by Gasteiger charge is -2.28. The van der Waals surface area contributed by atoms with Gasteiger partial charge < -0.3 is 90.3 Å². The first-order valence-corrected chi connectivity index (χ1v) is 26.9. The average Bonchev–Trinajstić information content (AvgIpc) is 3.94. The van der Waals surface area contributed by atoms with Crippen molar-refractivity contribution in [3.05, 3.63) is 72.1 Å². The molecule has 4 aromatic rings. The summed E-state index contributed by atoms with van der Waals surface area (Å²) >= 11 is 0. The largest absolute Gasteiger partial charge is 0.481 e. The molecule has 9 atom stereocenters. The van der Waals surface area contributed by atoms with Gasteiger partial charge in [-0.15, -0.1) is 0 Å². The van der Waals surface area contributed by atoms with Gasteiger partial charge in [0.05, 0.1) is 18.9 Å². The molecule has 0 unspecified atom stereocenters. The van der Waals surface area contributed by atoms with Crippen molar-refractivity contribution in [3.63, 3.8) is 0 Å². The van der Waals surface area contributed by atoms with Gasteiger partial charge in [0.1, 0.15) is 54.9 Å². The van der Waals surface area contributed by atoms with Crippen molar-refractivity contribution in [3.8, 4) is 0 Å². The monoisotopic (exact) mass is 1170 g/mol. The van der Waals surface area contributed by atoms with Crippen LogP contribution in [0.25, 0.3) is 21.8 Å². The summed E-state index contributed by atoms with van der Waals surface area (Å²) in [5.74, 6) is -14.7. The van der Waals surface area contributed by atoms with Gasteiger partial charge in [-0.3, -0.25) is 62.3 Å². The van der Waals surface area contributed by atoms with Gasteiger partial charge in [-0.25, -0.2) is 0 Å². The lowest BCUT2D eigenvalue weighted by molar-refractivity contribution is -0.140. The van der Waals surface area contributed by atoms with E-state index < -0.39 is 170 Å². The molecular formula is C54H74N14O16. The van der Waals surface area contributed by atoms with E-state index in [1.165, 1.54) is 13.8 Å². The fourth-order valence-corrected chi connectivity index (χ4v) is 8.69. The Morgan fingerprint density at radius 1 is 0.488 bits per heavy atom. The normalized spacial score (nSPS) is 14.4. The number of nitrogens with one attached hydrogen (secondary N) is 11. The Morgan fingerprint density at radius 2 is 0.940 bits per heavy atom. The number of fused-ring (bicyclic) bond motifs is 2. The number of hydrogen-bond donors (Lipinski definition) is 17. The van der Waals surface area contributed by atoms with Gasteiger partial charge in [-0.2, -0.15) is 0 Å². The average molecular weight is 1180 g/mol. The van der Waals surface area contributed by atoms with Crippen molar-refractivity contribution in [2.75, 3.05) is 13.1 Å². The van der Waals surface area contributed by atoms with E-state index in [9.17, 15) is 72.5 Å². The summed E-state index contributed by atoms with van der Waals surface area (Å²) in [5.41, 5.74) is 19.5. The van der Waals surface area contributed by atoms with Crippen LogP contribution in [-0.4, -0.2) is 170 Å². The fourth-order valence-electron chi connectivity index (χ4n) is 8.69. The number of carbonyl (C=O) groups is 13. The molecule has 0 aliphatic heterocycles. The van der Waals surface area contributed by atoms with E-state index in [2.05, 4.69) is 57.8 Å². The Balaban J connectivity index is 1.57. The third-order valence-electron chi connectivity index (χ3n) is 13.3. The van der Waals surface area contributed by atoms with Gasteiger partial charge in [0.15, 0.2) is 0 Å². The van der Waals surface area contributed by atoms with Crippen LogP contribution in [0.1, 0.15) is 83.8 Å². The molecule has 30 heteroatoms.